The molecule has 0 fully saturated rings. The van der Waals surface area contributed by atoms with Crippen LogP contribution < -0.4 is 11.1 Å². The average molecular weight is 489 g/mol. The first kappa shape index (κ1) is 27.0. The number of halogens is 3. The SMILES string of the molecule is N[C@@H](CCC(=O)O)C(=O)Nc1ccc(/C=C/c2ccnc3ccccc23)cc1.O=C(O)C(F)(F)F. The zero-order valence-corrected chi connectivity index (χ0v) is 18.2. The molecule has 0 bridgehead atoms. The van der Waals surface area contributed by atoms with Gasteiger partial charge in [-0.3, -0.25) is 14.6 Å². The number of carboxylic acid groups (broad SMARTS) is 2. The van der Waals surface area contributed by atoms with Crippen molar-refractivity contribution in [3.8, 4) is 0 Å². The molecule has 3 aromatic rings. The van der Waals surface area contributed by atoms with Crippen LogP contribution in [0.4, 0.5) is 18.9 Å². The van der Waals surface area contributed by atoms with Crippen LogP contribution >= 0.6 is 0 Å². The summed E-state index contributed by atoms with van der Waals surface area (Å²) in [6.07, 6.45) is 0.684. The fourth-order valence-electron chi connectivity index (χ4n) is 2.77. The molecule has 0 aliphatic heterocycles. The summed E-state index contributed by atoms with van der Waals surface area (Å²) in [4.78, 5) is 35.8. The number of para-hydroxylation sites is 1. The Morgan fingerprint density at radius 3 is 2.23 bits per heavy atom. The van der Waals surface area contributed by atoms with Gasteiger partial charge < -0.3 is 21.3 Å². The number of aliphatic carboxylic acids is 2. The molecule has 1 atom stereocenters. The Bertz CT molecular complexity index is 1210. The fourth-order valence-corrected chi connectivity index (χ4v) is 2.77. The Labute approximate surface area is 197 Å². The molecule has 0 radical (unpaired) electrons. The van der Waals surface area contributed by atoms with Crippen LogP contribution in [0.5, 0.6) is 0 Å². The summed E-state index contributed by atoms with van der Waals surface area (Å²) in [5, 5.41) is 19.6. The van der Waals surface area contributed by atoms with Crippen molar-refractivity contribution in [1.82, 2.24) is 4.98 Å². The lowest BCUT2D eigenvalue weighted by atomic mass is 10.1. The predicted octanol–water partition coefficient (Wildman–Crippen LogP) is 4.17. The Hall–Kier alpha value is -4.25. The highest BCUT2D eigenvalue weighted by Crippen LogP contribution is 2.19. The highest BCUT2D eigenvalue weighted by atomic mass is 19.4. The first-order chi connectivity index (χ1) is 16.5. The number of hydrogen-bond donors (Lipinski definition) is 4. The number of aromatic nitrogens is 1. The Balaban J connectivity index is 0.000000540. The van der Waals surface area contributed by atoms with E-state index in [-0.39, 0.29) is 12.8 Å². The van der Waals surface area contributed by atoms with Crippen LogP contribution in [0.1, 0.15) is 24.0 Å². The Morgan fingerprint density at radius 1 is 1.00 bits per heavy atom. The number of nitrogens with one attached hydrogen (secondary N) is 1. The van der Waals surface area contributed by atoms with E-state index in [9.17, 15) is 22.8 Å². The first-order valence-electron chi connectivity index (χ1n) is 10.2. The van der Waals surface area contributed by atoms with Crippen molar-refractivity contribution in [1.29, 1.82) is 0 Å². The van der Waals surface area contributed by atoms with E-state index in [1.54, 1.807) is 18.3 Å². The molecule has 5 N–H and O–H groups in total. The van der Waals surface area contributed by atoms with Crippen LogP contribution in [-0.2, 0) is 14.4 Å². The van der Waals surface area contributed by atoms with Gasteiger partial charge in [0.15, 0.2) is 0 Å². The van der Waals surface area contributed by atoms with Gasteiger partial charge in [0, 0.05) is 23.7 Å². The van der Waals surface area contributed by atoms with E-state index in [2.05, 4.69) is 10.3 Å². The lowest BCUT2D eigenvalue weighted by Gasteiger charge is -2.11. The second-order valence-electron chi connectivity index (χ2n) is 7.20. The summed E-state index contributed by atoms with van der Waals surface area (Å²) in [7, 11) is 0. The number of benzene rings is 2. The van der Waals surface area contributed by atoms with Gasteiger partial charge in [0.1, 0.15) is 0 Å². The van der Waals surface area contributed by atoms with Crippen LogP contribution in [0.25, 0.3) is 23.1 Å². The number of hydrogen-bond acceptors (Lipinski definition) is 5. The number of anilines is 1. The number of amides is 1. The quantitative estimate of drug-likeness (QED) is 0.390. The smallest absolute Gasteiger partial charge is 0.481 e. The fraction of sp³-hybridized carbons (Fsp3) is 0.167. The maximum atomic E-state index is 12.0. The maximum absolute atomic E-state index is 12.0. The first-order valence-corrected chi connectivity index (χ1v) is 10.2. The minimum absolute atomic E-state index is 0.0991. The number of carbonyl (C=O) groups excluding carboxylic acids is 1. The topological polar surface area (TPSA) is 143 Å². The third-order valence-corrected chi connectivity index (χ3v) is 4.56. The number of nitrogens with two attached hydrogens (primary N) is 1. The maximum Gasteiger partial charge on any atom is 0.490 e. The van der Waals surface area contributed by atoms with E-state index < -0.39 is 30.1 Å². The standard InChI is InChI=1S/C22H21N3O3.C2HF3O2/c23-19(11-12-21(26)27)22(28)25-17-9-6-15(7-10-17)5-8-16-13-14-24-20-4-2-1-3-18(16)20;3-2(4,5)1(6)7/h1-10,13-14,19H,11-12,23H2,(H,25,28)(H,26,27);(H,6,7)/b8-5+;/t19-;/m0./s1. The zero-order valence-electron chi connectivity index (χ0n) is 18.2. The number of carbonyl (C=O) groups is 3. The van der Waals surface area contributed by atoms with E-state index in [0.29, 0.717) is 5.69 Å². The molecule has 1 heterocycles. The van der Waals surface area contributed by atoms with Gasteiger partial charge in [-0.05, 0) is 41.8 Å². The minimum Gasteiger partial charge on any atom is -0.481 e. The van der Waals surface area contributed by atoms with Crippen LogP contribution in [0.15, 0.2) is 60.8 Å². The second kappa shape index (κ2) is 12.3. The van der Waals surface area contributed by atoms with Gasteiger partial charge in [-0.15, -0.1) is 0 Å². The molecule has 1 amide bonds. The predicted molar refractivity (Wildman–Crippen MR) is 124 cm³/mol. The lowest BCUT2D eigenvalue weighted by molar-refractivity contribution is -0.192. The van der Waals surface area contributed by atoms with Crippen molar-refractivity contribution in [2.24, 2.45) is 5.73 Å². The molecule has 11 heteroatoms. The summed E-state index contributed by atoms with van der Waals surface area (Å²) < 4.78 is 31.7. The minimum atomic E-state index is -5.08. The van der Waals surface area contributed by atoms with Crippen LogP contribution in [-0.4, -0.2) is 45.3 Å². The molecule has 2 aromatic carbocycles. The van der Waals surface area contributed by atoms with Crippen LogP contribution in [0.2, 0.25) is 0 Å². The summed E-state index contributed by atoms with van der Waals surface area (Å²) in [5.41, 5.74) is 9.33. The van der Waals surface area contributed by atoms with Crippen LogP contribution in [0, 0.1) is 0 Å². The number of pyridine rings is 1. The van der Waals surface area contributed by atoms with Crippen molar-refractivity contribution >= 4 is 46.6 Å². The summed E-state index contributed by atoms with van der Waals surface area (Å²) in [6.45, 7) is 0. The van der Waals surface area contributed by atoms with E-state index in [1.165, 1.54) is 0 Å². The number of nitrogens with zero attached hydrogens (tertiary/aromatic N) is 1. The molecule has 8 nitrogen and oxygen atoms in total. The van der Waals surface area contributed by atoms with Gasteiger partial charge in [-0.25, -0.2) is 4.79 Å². The van der Waals surface area contributed by atoms with Gasteiger partial charge in [0.25, 0.3) is 0 Å². The monoisotopic (exact) mass is 489 g/mol. The van der Waals surface area contributed by atoms with Gasteiger partial charge >= 0.3 is 18.1 Å². The second-order valence-corrected chi connectivity index (χ2v) is 7.20. The summed E-state index contributed by atoms with van der Waals surface area (Å²) >= 11 is 0. The zero-order chi connectivity index (χ0) is 26.0. The Morgan fingerprint density at radius 2 is 1.63 bits per heavy atom. The van der Waals surface area contributed by atoms with E-state index in [0.717, 1.165) is 22.0 Å². The molecule has 35 heavy (non-hydrogen) atoms. The van der Waals surface area contributed by atoms with Crippen molar-refractivity contribution < 1.29 is 37.8 Å². The molecule has 3 rings (SSSR count). The third-order valence-electron chi connectivity index (χ3n) is 4.56. The summed E-state index contributed by atoms with van der Waals surface area (Å²) in [6, 6.07) is 16.4. The highest BCUT2D eigenvalue weighted by Gasteiger charge is 2.38. The van der Waals surface area contributed by atoms with Crippen LogP contribution in [0.3, 0.4) is 0 Å². The number of alkyl halides is 3. The molecule has 0 aliphatic rings. The molecule has 0 saturated carbocycles. The number of rotatable bonds is 7. The van der Waals surface area contributed by atoms with E-state index >= 15 is 0 Å². The van der Waals surface area contributed by atoms with Gasteiger partial charge in [0.05, 0.1) is 11.6 Å². The van der Waals surface area contributed by atoms with E-state index in [1.807, 2.05) is 54.6 Å². The largest absolute Gasteiger partial charge is 0.490 e. The van der Waals surface area contributed by atoms with Crippen molar-refractivity contribution in [3.63, 3.8) is 0 Å². The molecular formula is C24H22F3N3O5. The molecule has 0 aliphatic carbocycles. The summed E-state index contributed by atoms with van der Waals surface area (Å²) in [5.74, 6) is -4.12. The Kier molecular flexibility index (Phi) is 9.47. The molecule has 0 spiro atoms. The highest BCUT2D eigenvalue weighted by molar-refractivity contribution is 5.95. The molecule has 0 saturated heterocycles. The average Bonchev–Trinajstić information content (AvgIpc) is 2.81. The van der Waals surface area contributed by atoms with E-state index in [4.69, 9.17) is 20.7 Å². The molecular weight excluding hydrogens is 467 g/mol. The third kappa shape index (κ3) is 8.89. The number of carboxylic acids is 2. The molecule has 1 aromatic heterocycles. The van der Waals surface area contributed by atoms with Crippen molar-refractivity contribution in [2.75, 3.05) is 5.32 Å². The number of fused-ring (bicyclic) bond motifs is 1. The molecule has 184 valence electrons. The van der Waals surface area contributed by atoms with Gasteiger partial charge in [-0.1, -0.05) is 42.5 Å². The normalized spacial score (nSPS) is 12.0. The van der Waals surface area contributed by atoms with Crippen molar-refractivity contribution in [3.05, 3.63) is 71.9 Å². The van der Waals surface area contributed by atoms with Crippen molar-refractivity contribution in [2.45, 2.75) is 25.1 Å². The van der Waals surface area contributed by atoms with Gasteiger partial charge in [0.2, 0.25) is 5.91 Å². The van der Waals surface area contributed by atoms with Gasteiger partial charge in [-0.2, -0.15) is 13.2 Å². The molecule has 0 unspecified atom stereocenters. The lowest BCUT2D eigenvalue weighted by Crippen LogP contribution is -2.36.